The lowest BCUT2D eigenvalue weighted by Crippen LogP contribution is -2.40. The van der Waals surface area contributed by atoms with Gasteiger partial charge in [-0.05, 0) is 54.7 Å². The van der Waals surface area contributed by atoms with Crippen LogP contribution in [-0.4, -0.2) is 23.3 Å². The second kappa shape index (κ2) is 9.67. The summed E-state index contributed by atoms with van der Waals surface area (Å²) in [6.45, 7) is 0. The third-order valence-corrected chi connectivity index (χ3v) is 6.01. The number of hydrogen-bond donors (Lipinski definition) is 2. The van der Waals surface area contributed by atoms with Crippen molar-refractivity contribution in [3.8, 4) is 0 Å². The minimum atomic E-state index is -4.81. The van der Waals surface area contributed by atoms with Gasteiger partial charge >= 0.3 is 18.3 Å². The lowest BCUT2D eigenvalue weighted by Gasteiger charge is -2.35. The number of carboxylic acid groups (broad SMARTS) is 1. The van der Waals surface area contributed by atoms with Gasteiger partial charge < -0.3 is 10.4 Å². The van der Waals surface area contributed by atoms with Crippen molar-refractivity contribution in [2.75, 3.05) is 5.32 Å². The Morgan fingerprint density at radius 3 is 2.09 bits per heavy atom. The third-order valence-electron chi connectivity index (χ3n) is 6.01. The molecule has 3 atom stereocenters. The van der Waals surface area contributed by atoms with Crippen LogP contribution in [0.5, 0.6) is 0 Å². The Balaban J connectivity index is 1.92. The maximum absolute atomic E-state index is 14.2. The Labute approximate surface area is 193 Å². The molecule has 2 unspecified atom stereocenters. The summed E-state index contributed by atoms with van der Waals surface area (Å²) in [5, 5.41) is 11.9. The number of carbonyl (C=O) groups excluding carboxylic acids is 2. The first-order valence-electron chi connectivity index (χ1n) is 10.3. The molecule has 1 saturated carbocycles. The quantitative estimate of drug-likeness (QED) is 0.392. The molecule has 2 N–H and O–H groups in total. The Morgan fingerprint density at radius 2 is 1.54 bits per heavy atom. The van der Waals surface area contributed by atoms with Gasteiger partial charge in [0.05, 0.1) is 28.7 Å². The number of hydrogen-bond acceptors (Lipinski definition) is 3. The smallest absolute Gasteiger partial charge is 0.416 e. The topological polar surface area (TPSA) is 83.5 Å². The molecule has 3 rings (SSSR count). The van der Waals surface area contributed by atoms with E-state index in [1.54, 1.807) is 0 Å². The Hall–Kier alpha value is -3.44. The molecule has 0 saturated heterocycles. The minimum absolute atomic E-state index is 0.0264. The van der Waals surface area contributed by atoms with Crippen LogP contribution in [0.4, 0.5) is 36.4 Å². The normalized spacial score (nSPS) is 20.8. The van der Waals surface area contributed by atoms with Crippen LogP contribution in [-0.2, 0) is 21.9 Å². The first kappa shape index (κ1) is 26.2. The van der Waals surface area contributed by atoms with Crippen LogP contribution < -0.4 is 5.32 Å². The van der Waals surface area contributed by atoms with E-state index in [4.69, 9.17) is 0 Å². The summed E-state index contributed by atoms with van der Waals surface area (Å²) in [5.74, 6) is -7.57. The molecule has 188 valence electrons. The number of aldehydes is 1. The van der Waals surface area contributed by atoms with E-state index >= 15 is 0 Å². The van der Waals surface area contributed by atoms with Crippen LogP contribution in [0.3, 0.4) is 0 Å². The van der Waals surface area contributed by atoms with Crippen molar-refractivity contribution in [2.45, 2.75) is 37.5 Å². The molecule has 0 spiro atoms. The molecule has 0 aliphatic heterocycles. The van der Waals surface area contributed by atoms with Crippen molar-refractivity contribution in [1.29, 1.82) is 0 Å². The zero-order chi connectivity index (χ0) is 26.1. The summed E-state index contributed by atoms with van der Waals surface area (Å²) in [7, 11) is 0. The van der Waals surface area contributed by atoms with Gasteiger partial charge in [-0.3, -0.25) is 14.4 Å². The standard InChI is InChI=1S/C23H18F7NO4/c24-17-9-13(23(28,29)30)5-7-18(17)31-20(33)16-3-1-2-15(19(16)21(34)35)14-6-4-12(22(25,26)27)8-11(14)10-32/h4-10,15-16,19H,1-3H2,(H,31,33)(H,34,35)/t15-,16?,19?/m1/s1. The van der Waals surface area contributed by atoms with E-state index in [0.717, 1.165) is 6.07 Å². The summed E-state index contributed by atoms with van der Waals surface area (Å²) < 4.78 is 91.5. The van der Waals surface area contributed by atoms with E-state index < -0.39 is 64.6 Å². The third kappa shape index (κ3) is 5.63. The van der Waals surface area contributed by atoms with Crippen LogP contribution in [0.25, 0.3) is 0 Å². The van der Waals surface area contributed by atoms with Crippen molar-refractivity contribution >= 4 is 23.9 Å². The van der Waals surface area contributed by atoms with Gasteiger partial charge in [0.1, 0.15) is 12.1 Å². The van der Waals surface area contributed by atoms with Crippen molar-refractivity contribution in [3.05, 3.63) is 64.5 Å². The van der Waals surface area contributed by atoms with E-state index in [9.17, 15) is 50.2 Å². The van der Waals surface area contributed by atoms with Gasteiger partial charge in [0.2, 0.25) is 5.91 Å². The number of nitrogens with one attached hydrogen (secondary N) is 1. The lowest BCUT2D eigenvalue weighted by molar-refractivity contribution is -0.149. The predicted molar refractivity (Wildman–Crippen MR) is 108 cm³/mol. The molecule has 0 heterocycles. The molecule has 1 amide bonds. The van der Waals surface area contributed by atoms with E-state index in [-0.39, 0.29) is 42.7 Å². The first-order valence-corrected chi connectivity index (χ1v) is 10.3. The minimum Gasteiger partial charge on any atom is -0.481 e. The number of carbonyl (C=O) groups is 3. The lowest BCUT2D eigenvalue weighted by atomic mass is 9.68. The highest BCUT2D eigenvalue weighted by atomic mass is 19.4. The Kier molecular flexibility index (Phi) is 7.23. The SMILES string of the molecule is O=Cc1cc(C(F)(F)F)ccc1[C@H]1CCCC(C(=O)Nc2ccc(C(F)(F)F)cc2F)C1C(=O)O. The highest BCUT2D eigenvalue weighted by molar-refractivity contribution is 5.95. The molecule has 2 aromatic carbocycles. The fourth-order valence-electron chi connectivity index (χ4n) is 4.39. The van der Waals surface area contributed by atoms with Crippen LogP contribution >= 0.6 is 0 Å². The van der Waals surface area contributed by atoms with Gasteiger partial charge in [0.25, 0.3) is 0 Å². The molecule has 12 heteroatoms. The maximum Gasteiger partial charge on any atom is 0.416 e. The fourth-order valence-corrected chi connectivity index (χ4v) is 4.39. The number of aliphatic carboxylic acids is 1. The molecular weight excluding hydrogens is 487 g/mol. The number of carboxylic acids is 1. The van der Waals surface area contributed by atoms with E-state index in [0.29, 0.717) is 24.3 Å². The molecule has 1 aliphatic rings. The monoisotopic (exact) mass is 505 g/mol. The summed E-state index contributed by atoms with van der Waals surface area (Å²) >= 11 is 0. The summed E-state index contributed by atoms with van der Waals surface area (Å²) in [4.78, 5) is 36.5. The summed E-state index contributed by atoms with van der Waals surface area (Å²) in [6, 6.07) is 3.75. The zero-order valence-corrected chi connectivity index (χ0v) is 17.7. The Morgan fingerprint density at radius 1 is 0.943 bits per heavy atom. The van der Waals surface area contributed by atoms with Crippen molar-refractivity contribution in [1.82, 2.24) is 0 Å². The highest BCUT2D eigenvalue weighted by Gasteiger charge is 2.44. The van der Waals surface area contributed by atoms with E-state index in [1.807, 2.05) is 0 Å². The highest BCUT2D eigenvalue weighted by Crippen LogP contribution is 2.44. The second-order valence-electron chi connectivity index (χ2n) is 8.15. The molecule has 35 heavy (non-hydrogen) atoms. The first-order chi connectivity index (χ1) is 16.2. The number of halogens is 7. The molecule has 2 aromatic rings. The van der Waals surface area contributed by atoms with Crippen LogP contribution in [0, 0.1) is 17.7 Å². The molecule has 1 fully saturated rings. The number of benzene rings is 2. The van der Waals surface area contributed by atoms with Gasteiger partial charge in [-0.25, -0.2) is 4.39 Å². The largest absolute Gasteiger partial charge is 0.481 e. The molecule has 5 nitrogen and oxygen atoms in total. The van der Waals surface area contributed by atoms with Crippen LogP contribution in [0.1, 0.15) is 52.2 Å². The van der Waals surface area contributed by atoms with Gasteiger partial charge in [-0.1, -0.05) is 12.5 Å². The predicted octanol–water partition coefficient (Wildman–Crippen LogP) is 5.90. The fraction of sp³-hybridized carbons (Fsp3) is 0.348. The molecule has 0 bridgehead atoms. The van der Waals surface area contributed by atoms with Crippen LogP contribution in [0.15, 0.2) is 36.4 Å². The molecular formula is C23H18F7NO4. The maximum atomic E-state index is 14.2. The van der Waals surface area contributed by atoms with Gasteiger partial charge in [-0.15, -0.1) is 0 Å². The average molecular weight is 505 g/mol. The summed E-state index contributed by atoms with van der Waals surface area (Å²) in [5.41, 5.74) is -3.31. The molecule has 0 radical (unpaired) electrons. The molecule has 1 aliphatic carbocycles. The van der Waals surface area contributed by atoms with Gasteiger partial charge in [-0.2, -0.15) is 26.3 Å². The van der Waals surface area contributed by atoms with Gasteiger partial charge in [0.15, 0.2) is 0 Å². The Bertz CT molecular complexity index is 1140. The van der Waals surface area contributed by atoms with Gasteiger partial charge in [0, 0.05) is 5.56 Å². The van der Waals surface area contributed by atoms with Crippen molar-refractivity contribution in [3.63, 3.8) is 0 Å². The number of alkyl halides is 6. The zero-order valence-electron chi connectivity index (χ0n) is 17.7. The summed E-state index contributed by atoms with van der Waals surface area (Å²) in [6.07, 6.45) is -8.93. The van der Waals surface area contributed by atoms with E-state index in [1.165, 1.54) is 0 Å². The van der Waals surface area contributed by atoms with E-state index in [2.05, 4.69) is 5.32 Å². The van der Waals surface area contributed by atoms with Crippen LogP contribution in [0.2, 0.25) is 0 Å². The number of rotatable bonds is 5. The number of amides is 1. The van der Waals surface area contributed by atoms with Crippen molar-refractivity contribution < 1.29 is 50.2 Å². The number of anilines is 1. The molecule has 0 aromatic heterocycles. The average Bonchev–Trinajstić information content (AvgIpc) is 2.77. The van der Waals surface area contributed by atoms with Crippen molar-refractivity contribution in [2.24, 2.45) is 11.8 Å². The second-order valence-corrected chi connectivity index (χ2v) is 8.15.